The average molecular weight is 365 g/mol. The lowest BCUT2D eigenvalue weighted by molar-refractivity contribution is -0.0154. The molecule has 24 heavy (non-hydrogen) atoms. The van der Waals surface area contributed by atoms with E-state index in [0.29, 0.717) is 36.3 Å². The van der Waals surface area contributed by atoms with Crippen LogP contribution < -0.4 is 5.32 Å². The number of nitrogens with zero attached hydrogens (tertiary/aromatic N) is 1. The fourth-order valence-electron chi connectivity index (χ4n) is 2.68. The highest BCUT2D eigenvalue weighted by Gasteiger charge is 2.25. The van der Waals surface area contributed by atoms with Crippen molar-refractivity contribution in [3.63, 3.8) is 0 Å². The number of carbonyl (C=O) groups is 1. The van der Waals surface area contributed by atoms with Crippen LogP contribution in [-0.4, -0.2) is 30.6 Å². The van der Waals surface area contributed by atoms with Gasteiger partial charge in [-0.25, -0.2) is 4.79 Å². The van der Waals surface area contributed by atoms with E-state index in [1.807, 2.05) is 42.5 Å². The summed E-state index contributed by atoms with van der Waals surface area (Å²) in [6.45, 7) is 2.01. The van der Waals surface area contributed by atoms with Gasteiger partial charge in [0.15, 0.2) is 0 Å². The van der Waals surface area contributed by atoms with E-state index in [9.17, 15) is 4.79 Å². The summed E-state index contributed by atoms with van der Waals surface area (Å²) in [5.74, 6) is 0. The molecule has 1 aliphatic rings. The molecule has 0 spiro atoms. The number of benzene rings is 2. The lowest BCUT2D eigenvalue weighted by Gasteiger charge is -2.33. The monoisotopic (exact) mass is 364 g/mol. The summed E-state index contributed by atoms with van der Waals surface area (Å²) in [6, 6.07) is 15.1. The van der Waals surface area contributed by atoms with E-state index in [0.717, 1.165) is 11.1 Å². The van der Waals surface area contributed by atoms with E-state index >= 15 is 0 Å². The van der Waals surface area contributed by atoms with Crippen molar-refractivity contribution in [1.29, 1.82) is 0 Å². The number of ether oxygens (including phenoxy) is 1. The molecule has 1 heterocycles. The van der Waals surface area contributed by atoms with Crippen LogP contribution in [0.1, 0.15) is 17.2 Å². The van der Waals surface area contributed by atoms with Crippen LogP contribution in [0.15, 0.2) is 48.5 Å². The Morgan fingerprint density at radius 3 is 2.58 bits per heavy atom. The Balaban J connectivity index is 1.61. The van der Waals surface area contributed by atoms with Gasteiger partial charge in [-0.05, 0) is 29.3 Å². The fraction of sp³-hybridized carbons (Fsp3) is 0.278. The van der Waals surface area contributed by atoms with Crippen LogP contribution >= 0.6 is 23.2 Å². The predicted molar refractivity (Wildman–Crippen MR) is 95.4 cm³/mol. The molecule has 0 bridgehead atoms. The Kier molecular flexibility index (Phi) is 5.61. The molecular weight excluding hydrogens is 347 g/mol. The Bertz CT molecular complexity index is 689. The van der Waals surface area contributed by atoms with Gasteiger partial charge in [0.2, 0.25) is 0 Å². The topological polar surface area (TPSA) is 41.6 Å². The van der Waals surface area contributed by atoms with Crippen LogP contribution in [0.2, 0.25) is 10.0 Å². The molecule has 1 N–H and O–H groups in total. The van der Waals surface area contributed by atoms with Crippen molar-refractivity contribution < 1.29 is 9.53 Å². The Morgan fingerprint density at radius 1 is 1.17 bits per heavy atom. The highest BCUT2D eigenvalue weighted by molar-refractivity contribution is 6.34. The van der Waals surface area contributed by atoms with Gasteiger partial charge in [0, 0.05) is 23.1 Å². The molecule has 2 aromatic carbocycles. The van der Waals surface area contributed by atoms with E-state index in [4.69, 9.17) is 27.9 Å². The first kappa shape index (κ1) is 17.1. The lowest BCUT2D eigenvalue weighted by atomic mass is 10.1. The molecule has 2 aromatic rings. The number of amides is 2. The number of hydrogen-bond acceptors (Lipinski definition) is 2. The molecule has 1 atom stereocenters. The van der Waals surface area contributed by atoms with Gasteiger partial charge in [-0.1, -0.05) is 53.5 Å². The zero-order chi connectivity index (χ0) is 16.9. The van der Waals surface area contributed by atoms with Gasteiger partial charge < -0.3 is 15.0 Å². The van der Waals surface area contributed by atoms with Crippen molar-refractivity contribution in [3.8, 4) is 0 Å². The summed E-state index contributed by atoms with van der Waals surface area (Å²) in [6.07, 6.45) is -0.225. The molecule has 2 amide bonds. The van der Waals surface area contributed by atoms with Gasteiger partial charge in [-0.15, -0.1) is 0 Å². The molecule has 6 heteroatoms. The molecule has 1 fully saturated rings. The quantitative estimate of drug-likeness (QED) is 0.882. The van der Waals surface area contributed by atoms with Crippen molar-refractivity contribution >= 4 is 29.2 Å². The second-order valence-corrected chi connectivity index (χ2v) is 6.53. The van der Waals surface area contributed by atoms with Crippen LogP contribution in [0.4, 0.5) is 4.79 Å². The molecule has 0 radical (unpaired) electrons. The molecule has 0 unspecified atom stereocenters. The molecule has 4 nitrogen and oxygen atoms in total. The van der Waals surface area contributed by atoms with Crippen LogP contribution in [0.5, 0.6) is 0 Å². The maximum absolute atomic E-state index is 12.4. The second kappa shape index (κ2) is 7.88. The molecule has 0 aromatic heterocycles. The number of hydrogen-bond donors (Lipinski definition) is 1. The Labute approximate surface area is 151 Å². The van der Waals surface area contributed by atoms with Gasteiger partial charge in [0.25, 0.3) is 0 Å². The van der Waals surface area contributed by atoms with E-state index in [-0.39, 0.29) is 12.1 Å². The van der Waals surface area contributed by atoms with Crippen LogP contribution in [0.3, 0.4) is 0 Å². The molecular formula is C18H18Cl2N2O2. The van der Waals surface area contributed by atoms with Gasteiger partial charge in [0.05, 0.1) is 13.2 Å². The summed E-state index contributed by atoms with van der Waals surface area (Å²) in [5.41, 5.74) is 1.95. The van der Waals surface area contributed by atoms with Gasteiger partial charge in [-0.3, -0.25) is 0 Å². The molecule has 0 aliphatic carbocycles. The van der Waals surface area contributed by atoms with E-state index < -0.39 is 0 Å². The lowest BCUT2D eigenvalue weighted by Crippen LogP contribution is -2.46. The van der Waals surface area contributed by atoms with Gasteiger partial charge in [-0.2, -0.15) is 0 Å². The average Bonchev–Trinajstić information content (AvgIpc) is 2.60. The number of nitrogens with one attached hydrogen (secondary N) is 1. The molecule has 126 valence electrons. The molecule has 0 saturated carbocycles. The normalized spacial score (nSPS) is 17.6. The van der Waals surface area contributed by atoms with Crippen molar-refractivity contribution in [2.45, 2.75) is 12.6 Å². The molecule has 1 aliphatic heterocycles. The smallest absolute Gasteiger partial charge is 0.317 e. The minimum atomic E-state index is -0.225. The highest BCUT2D eigenvalue weighted by atomic mass is 35.5. The van der Waals surface area contributed by atoms with Gasteiger partial charge >= 0.3 is 6.03 Å². The van der Waals surface area contributed by atoms with Crippen LogP contribution in [-0.2, 0) is 11.3 Å². The second-order valence-electron chi connectivity index (χ2n) is 5.65. The minimum absolute atomic E-state index is 0.0970. The van der Waals surface area contributed by atoms with Crippen LogP contribution in [0.25, 0.3) is 0 Å². The predicted octanol–water partition coefficient (Wildman–Crippen LogP) is 4.28. The first-order valence-electron chi connectivity index (χ1n) is 7.76. The summed E-state index contributed by atoms with van der Waals surface area (Å²) in [4.78, 5) is 14.1. The van der Waals surface area contributed by atoms with Crippen molar-refractivity contribution in [2.24, 2.45) is 0 Å². The molecule has 3 rings (SSSR count). The van der Waals surface area contributed by atoms with Crippen molar-refractivity contribution in [3.05, 3.63) is 69.7 Å². The third-order valence-electron chi connectivity index (χ3n) is 3.90. The summed E-state index contributed by atoms with van der Waals surface area (Å²) in [7, 11) is 0. The Hall–Kier alpha value is -1.75. The number of carbonyl (C=O) groups excluding carboxylic acids is 1. The number of morpholine rings is 1. The highest BCUT2D eigenvalue weighted by Crippen LogP contribution is 2.28. The largest absolute Gasteiger partial charge is 0.370 e. The maximum Gasteiger partial charge on any atom is 0.317 e. The standard InChI is InChI=1S/C18H18Cl2N2O2/c19-15-8-14(9-16(20)10-15)17-12-22(6-7-24-17)18(23)21-11-13-4-2-1-3-5-13/h1-5,8-10,17H,6-7,11-12H2,(H,21,23)/t17-/m1/s1. The number of rotatable bonds is 3. The zero-order valence-electron chi connectivity index (χ0n) is 13.0. The summed E-state index contributed by atoms with van der Waals surface area (Å²) >= 11 is 12.1. The first-order valence-corrected chi connectivity index (χ1v) is 8.52. The first-order chi connectivity index (χ1) is 11.6. The fourth-order valence-corrected chi connectivity index (χ4v) is 3.22. The zero-order valence-corrected chi connectivity index (χ0v) is 14.6. The number of urea groups is 1. The van der Waals surface area contributed by atoms with Crippen molar-refractivity contribution in [1.82, 2.24) is 10.2 Å². The van der Waals surface area contributed by atoms with E-state index in [1.54, 1.807) is 11.0 Å². The van der Waals surface area contributed by atoms with E-state index in [1.165, 1.54) is 0 Å². The third-order valence-corrected chi connectivity index (χ3v) is 4.33. The summed E-state index contributed by atoms with van der Waals surface area (Å²) < 4.78 is 5.78. The Morgan fingerprint density at radius 2 is 1.88 bits per heavy atom. The van der Waals surface area contributed by atoms with Crippen molar-refractivity contribution in [2.75, 3.05) is 19.7 Å². The molecule has 1 saturated heterocycles. The SMILES string of the molecule is O=C(NCc1ccccc1)N1CCO[C@@H](c2cc(Cl)cc(Cl)c2)C1. The van der Waals surface area contributed by atoms with Crippen LogP contribution in [0, 0.1) is 0 Å². The third kappa shape index (κ3) is 4.41. The number of halogens is 2. The minimum Gasteiger partial charge on any atom is -0.370 e. The van der Waals surface area contributed by atoms with Gasteiger partial charge in [0.1, 0.15) is 6.10 Å². The van der Waals surface area contributed by atoms with E-state index in [2.05, 4.69) is 5.32 Å². The maximum atomic E-state index is 12.4. The summed E-state index contributed by atoms with van der Waals surface area (Å²) in [5, 5.41) is 4.07.